The predicted octanol–water partition coefficient (Wildman–Crippen LogP) is 4.82. The molecule has 3 heteroatoms. The fourth-order valence-corrected chi connectivity index (χ4v) is 2.17. The fourth-order valence-electron chi connectivity index (χ4n) is 2.04. The number of benzene rings is 2. The van der Waals surface area contributed by atoms with Crippen molar-refractivity contribution < 1.29 is 5.11 Å². The molecule has 21 heavy (non-hydrogen) atoms. The molecule has 0 saturated carbocycles. The van der Waals surface area contributed by atoms with Gasteiger partial charge in [-0.25, -0.2) is 0 Å². The lowest BCUT2D eigenvalue weighted by atomic mass is 9.84. The molecule has 1 atom stereocenters. The van der Waals surface area contributed by atoms with E-state index in [0.29, 0.717) is 16.1 Å². The van der Waals surface area contributed by atoms with Crippen molar-refractivity contribution in [2.24, 2.45) is 0 Å². The number of aliphatic hydroxyl groups is 1. The minimum absolute atomic E-state index is 0.00229. The molecule has 1 N–H and O–H groups in total. The van der Waals surface area contributed by atoms with E-state index in [9.17, 15) is 5.11 Å². The van der Waals surface area contributed by atoms with Gasteiger partial charge in [0.25, 0.3) is 0 Å². The standard InChI is InChI=1S/C16H14ClNO.C2H6/c1-12-2-4-13(5-3-12)16(19,10-11-18)14-6-8-15(17)9-7-14;1-2/h2-9,19H,10H2,1H3;1-2H3. The second-order valence-electron chi connectivity index (χ2n) is 4.57. The Morgan fingerprint density at radius 3 is 1.86 bits per heavy atom. The van der Waals surface area contributed by atoms with Gasteiger partial charge >= 0.3 is 0 Å². The summed E-state index contributed by atoms with van der Waals surface area (Å²) < 4.78 is 0. The lowest BCUT2D eigenvalue weighted by molar-refractivity contribution is 0.0860. The van der Waals surface area contributed by atoms with Crippen LogP contribution in [0.15, 0.2) is 48.5 Å². The first-order valence-corrected chi connectivity index (χ1v) is 7.36. The van der Waals surface area contributed by atoms with Gasteiger partial charge in [0.15, 0.2) is 0 Å². The number of nitrogens with zero attached hydrogens (tertiary/aromatic N) is 1. The van der Waals surface area contributed by atoms with Gasteiger partial charge in [0.2, 0.25) is 0 Å². The molecule has 2 aromatic carbocycles. The first-order chi connectivity index (χ1) is 10.1. The quantitative estimate of drug-likeness (QED) is 0.883. The van der Waals surface area contributed by atoms with Crippen LogP contribution in [0.25, 0.3) is 0 Å². The van der Waals surface area contributed by atoms with Crippen LogP contribution < -0.4 is 0 Å². The Morgan fingerprint density at radius 1 is 1.00 bits per heavy atom. The SMILES string of the molecule is CC.Cc1ccc(C(O)(CC#N)c2ccc(Cl)cc2)cc1. The maximum atomic E-state index is 10.9. The number of halogens is 1. The van der Waals surface area contributed by atoms with Gasteiger partial charge in [-0.05, 0) is 30.2 Å². The summed E-state index contributed by atoms with van der Waals surface area (Å²) in [7, 11) is 0. The number of nitriles is 1. The third-order valence-corrected chi connectivity index (χ3v) is 3.44. The Kier molecular flexibility index (Phi) is 6.42. The maximum Gasteiger partial charge on any atom is 0.128 e. The Morgan fingerprint density at radius 2 is 1.43 bits per heavy atom. The molecular formula is C18H20ClNO. The summed E-state index contributed by atoms with van der Waals surface area (Å²) in [5.41, 5.74) is 1.19. The number of hydrogen-bond donors (Lipinski definition) is 1. The molecule has 2 aromatic rings. The van der Waals surface area contributed by atoms with Crippen LogP contribution in [0.3, 0.4) is 0 Å². The summed E-state index contributed by atoms with van der Waals surface area (Å²) in [4.78, 5) is 0. The Labute approximate surface area is 131 Å². The van der Waals surface area contributed by atoms with Crippen molar-refractivity contribution in [3.63, 3.8) is 0 Å². The van der Waals surface area contributed by atoms with Crippen LogP contribution in [-0.2, 0) is 5.60 Å². The van der Waals surface area contributed by atoms with Gasteiger partial charge in [0.1, 0.15) is 5.60 Å². The van der Waals surface area contributed by atoms with E-state index in [2.05, 4.69) is 6.07 Å². The molecule has 0 bridgehead atoms. The largest absolute Gasteiger partial charge is 0.379 e. The molecular weight excluding hydrogens is 282 g/mol. The highest BCUT2D eigenvalue weighted by Gasteiger charge is 2.31. The van der Waals surface area contributed by atoms with E-state index in [4.69, 9.17) is 16.9 Å². The van der Waals surface area contributed by atoms with E-state index < -0.39 is 5.60 Å². The summed E-state index contributed by atoms with van der Waals surface area (Å²) in [6.45, 7) is 5.98. The number of hydrogen-bond acceptors (Lipinski definition) is 2. The van der Waals surface area contributed by atoms with Crippen LogP contribution >= 0.6 is 11.6 Å². The van der Waals surface area contributed by atoms with E-state index in [1.807, 2.05) is 45.0 Å². The van der Waals surface area contributed by atoms with Gasteiger partial charge < -0.3 is 5.11 Å². The van der Waals surface area contributed by atoms with Gasteiger partial charge in [-0.2, -0.15) is 5.26 Å². The maximum absolute atomic E-state index is 10.9. The average Bonchev–Trinajstić information content (AvgIpc) is 2.50. The van der Waals surface area contributed by atoms with Crippen molar-refractivity contribution in [1.29, 1.82) is 5.26 Å². The predicted molar refractivity (Wildman–Crippen MR) is 87.2 cm³/mol. The van der Waals surface area contributed by atoms with E-state index in [-0.39, 0.29) is 6.42 Å². The summed E-state index contributed by atoms with van der Waals surface area (Å²) in [5, 5.41) is 20.5. The van der Waals surface area contributed by atoms with Crippen molar-refractivity contribution in [1.82, 2.24) is 0 Å². The molecule has 0 aliphatic rings. The number of aryl methyl sites for hydroxylation is 1. The van der Waals surface area contributed by atoms with Gasteiger partial charge in [-0.3, -0.25) is 0 Å². The van der Waals surface area contributed by atoms with E-state index in [1.165, 1.54) is 0 Å². The van der Waals surface area contributed by atoms with Crippen LogP contribution in [-0.4, -0.2) is 5.11 Å². The van der Waals surface area contributed by atoms with E-state index >= 15 is 0 Å². The van der Waals surface area contributed by atoms with Crippen molar-refractivity contribution >= 4 is 11.6 Å². The highest BCUT2D eigenvalue weighted by Crippen LogP contribution is 2.33. The Balaban J connectivity index is 0.00000106. The average molecular weight is 302 g/mol. The molecule has 0 radical (unpaired) electrons. The normalized spacial score (nSPS) is 12.6. The van der Waals surface area contributed by atoms with Crippen molar-refractivity contribution in [3.05, 3.63) is 70.2 Å². The molecule has 0 fully saturated rings. The zero-order valence-electron chi connectivity index (χ0n) is 12.6. The lowest BCUT2D eigenvalue weighted by Gasteiger charge is -2.27. The third-order valence-electron chi connectivity index (χ3n) is 3.19. The molecule has 110 valence electrons. The van der Waals surface area contributed by atoms with Crippen LogP contribution in [0.2, 0.25) is 5.02 Å². The molecule has 0 aromatic heterocycles. The summed E-state index contributed by atoms with van der Waals surface area (Å²) in [6, 6.07) is 16.5. The fraction of sp³-hybridized carbons (Fsp3) is 0.278. The molecule has 0 saturated heterocycles. The zero-order chi connectivity index (χ0) is 15.9. The molecule has 0 spiro atoms. The first-order valence-electron chi connectivity index (χ1n) is 6.99. The van der Waals surface area contributed by atoms with Gasteiger partial charge in [-0.15, -0.1) is 0 Å². The summed E-state index contributed by atoms with van der Waals surface area (Å²) >= 11 is 5.86. The smallest absolute Gasteiger partial charge is 0.128 e. The van der Waals surface area contributed by atoms with Crippen molar-refractivity contribution in [2.75, 3.05) is 0 Å². The van der Waals surface area contributed by atoms with Crippen LogP contribution in [0.4, 0.5) is 0 Å². The Bertz CT molecular complexity index is 551. The second-order valence-corrected chi connectivity index (χ2v) is 5.00. The Hall–Kier alpha value is -1.82. The molecule has 0 aliphatic carbocycles. The minimum Gasteiger partial charge on any atom is -0.379 e. The molecule has 0 aliphatic heterocycles. The molecule has 2 nitrogen and oxygen atoms in total. The minimum atomic E-state index is -1.30. The van der Waals surface area contributed by atoms with Crippen LogP contribution in [0.1, 0.15) is 37.0 Å². The van der Waals surface area contributed by atoms with Crippen LogP contribution in [0, 0.1) is 18.3 Å². The molecule has 0 amide bonds. The van der Waals surface area contributed by atoms with Gasteiger partial charge in [0, 0.05) is 5.02 Å². The summed E-state index contributed by atoms with van der Waals surface area (Å²) in [6.07, 6.45) is -0.00229. The lowest BCUT2D eigenvalue weighted by Crippen LogP contribution is -2.26. The highest BCUT2D eigenvalue weighted by molar-refractivity contribution is 6.30. The number of rotatable bonds is 3. The molecule has 0 heterocycles. The van der Waals surface area contributed by atoms with Gasteiger partial charge in [0.05, 0.1) is 12.5 Å². The van der Waals surface area contributed by atoms with Gasteiger partial charge in [-0.1, -0.05) is 67.4 Å². The summed E-state index contributed by atoms with van der Waals surface area (Å²) in [5.74, 6) is 0. The monoisotopic (exact) mass is 301 g/mol. The molecule has 2 rings (SSSR count). The van der Waals surface area contributed by atoms with Crippen molar-refractivity contribution in [2.45, 2.75) is 32.8 Å². The second kappa shape index (κ2) is 7.83. The van der Waals surface area contributed by atoms with Crippen LogP contribution in [0.5, 0.6) is 0 Å². The third kappa shape index (κ3) is 4.07. The first kappa shape index (κ1) is 17.2. The zero-order valence-corrected chi connectivity index (χ0v) is 13.4. The van der Waals surface area contributed by atoms with E-state index in [0.717, 1.165) is 5.56 Å². The van der Waals surface area contributed by atoms with Crippen molar-refractivity contribution in [3.8, 4) is 6.07 Å². The highest BCUT2D eigenvalue weighted by atomic mass is 35.5. The molecule has 1 unspecified atom stereocenters. The van der Waals surface area contributed by atoms with E-state index in [1.54, 1.807) is 24.3 Å². The topological polar surface area (TPSA) is 44.0 Å².